The highest BCUT2D eigenvalue weighted by Gasteiger charge is 2.22. The highest BCUT2D eigenvalue weighted by molar-refractivity contribution is 5.27. The number of aromatic nitrogens is 1. The van der Waals surface area contributed by atoms with Crippen molar-refractivity contribution in [3.8, 4) is 6.07 Å². The fraction of sp³-hybridized carbons (Fsp3) is 0.600. The molecule has 0 N–H and O–H groups in total. The van der Waals surface area contributed by atoms with Crippen molar-refractivity contribution in [2.45, 2.75) is 51.4 Å². The summed E-state index contributed by atoms with van der Waals surface area (Å²) >= 11 is 0. The van der Waals surface area contributed by atoms with E-state index in [-0.39, 0.29) is 0 Å². The first-order valence-electron chi connectivity index (χ1n) is 6.69. The molecule has 0 unspecified atom stereocenters. The van der Waals surface area contributed by atoms with Crippen LogP contribution >= 0.6 is 0 Å². The van der Waals surface area contributed by atoms with Gasteiger partial charge in [-0.2, -0.15) is 5.26 Å². The van der Waals surface area contributed by atoms with Gasteiger partial charge in [0.25, 0.3) is 0 Å². The van der Waals surface area contributed by atoms with Gasteiger partial charge in [0.1, 0.15) is 6.07 Å². The maximum atomic E-state index is 8.74. The Bertz CT molecular complexity index is 380. The first-order valence-corrected chi connectivity index (χ1v) is 6.69. The molecule has 0 saturated heterocycles. The summed E-state index contributed by atoms with van der Waals surface area (Å²) in [4.78, 5) is 4.42. The van der Waals surface area contributed by atoms with E-state index >= 15 is 0 Å². The Morgan fingerprint density at radius 3 is 2.59 bits per heavy atom. The normalized spacial score (nSPS) is 24.2. The monoisotopic (exact) mass is 228 g/mol. The highest BCUT2D eigenvalue weighted by atomic mass is 14.7. The van der Waals surface area contributed by atoms with Gasteiger partial charge in [0.15, 0.2) is 0 Å². The zero-order chi connectivity index (χ0) is 12.1. The summed E-state index contributed by atoms with van der Waals surface area (Å²) in [5, 5.41) is 8.74. The molecular formula is C15H20N2. The predicted octanol–water partition coefficient (Wildman–Crippen LogP) is 4.03. The number of nitriles is 1. The van der Waals surface area contributed by atoms with Crippen LogP contribution < -0.4 is 0 Å². The lowest BCUT2D eigenvalue weighted by atomic mass is 9.78. The van der Waals surface area contributed by atoms with Crippen molar-refractivity contribution in [2.24, 2.45) is 5.92 Å². The van der Waals surface area contributed by atoms with E-state index in [1.165, 1.54) is 44.2 Å². The van der Waals surface area contributed by atoms with E-state index in [2.05, 4.69) is 18.0 Å². The molecule has 1 saturated carbocycles. The quantitative estimate of drug-likeness (QED) is 0.783. The summed E-state index contributed by atoms with van der Waals surface area (Å²) in [6.45, 7) is 2.27. The lowest BCUT2D eigenvalue weighted by Crippen LogP contribution is -2.14. The van der Waals surface area contributed by atoms with Crippen LogP contribution in [-0.2, 0) is 0 Å². The zero-order valence-electron chi connectivity index (χ0n) is 10.5. The molecule has 0 aliphatic heterocycles. The topological polar surface area (TPSA) is 36.7 Å². The van der Waals surface area contributed by atoms with Crippen LogP contribution in [0, 0.1) is 17.2 Å². The van der Waals surface area contributed by atoms with E-state index in [4.69, 9.17) is 5.26 Å². The van der Waals surface area contributed by atoms with Crippen LogP contribution in [0.3, 0.4) is 0 Å². The number of nitrogens with zero attached hydrogens (tertiary/aromatic N) is 2. The number of pyridine rings is 1. The zero-order valence-corrected chi connectivity index (χ0v) is 10.5. The summed E-state index contributed by atoms with van der Waals surface area (Å²) in [5.41, 5.74) is 1.84. The van der Waals surface area contributed by atoms with Crippen LogP contribution in [-0.4, -0.2) is 4.98 Å². The Balaban J connectivity index is 1.94. The fourth-order valence-corrected chi connectivity index (χ4v) is 2.87. The average Bonchev–Trinajstić information content (AvgIpc) is 2.40. The van der Waals surface area contributed by atoms with Crippen molar-refractivity contribution in [3.63, 3.8) is 0 Å². The Labute approximate surface area is 104 Å². The minimum Gasteiger partial charge on any atom is -0.260 e. The van der Waals surface area contributed by atoms with Crippen LogP contribution in [0.4, 0.5) is 0 Å². The average molecular weight is 228 g/mol. The molecule has 1 aliphatic carbocycles. The molecule has 1 aromatic heterocycles. The van der Waals surface area contributed by atoms with Gasteiger partial charge in [0, 0.05) is 17.8 Å². The van der Waals surface area contributed by atoms with Crippen LogP contribution in [0.25, 0.3) is 0 Å². The lowest BCUT2D eigenvalue weighted by molar-refractivity contribution is 0.305. The van der Waals surface area contributed by atoms with Gasteiger partial charge in [-0.3, -0.25) is 4.98 Å². The number of hydrogen-bond acceptors (Lipinski definition) is 2. The van der Waals surface area contributed by atoms with Gasteiger partial charge in [-0.1, -0.05) is 19.8 Å². The van der Waals surface area contributed by atoms with Gasteiger partial charge in [0.2, 0.25) is 0 Å². The Morgan fingerprint density at radius 1 is 1.29 bits per heavy atom. The summed E-state index contributed by atoms with van der Waals surface area (Å²) in [7, 11) is 0. The van der Waals surface area contributed by atoms with Gasteiger partial charge < -0.3 is 0 Å². The molecule has 90 valence electrons. The Morgan fingerprint density at radius 2 is 2.06 bits per heavy atom. The maximum absolute atomic E-state index is 8.74. The second kappa shape index (κ2) is 5.82. The van der Waals surface area contributed by atoms with Gasteiger partial charge in [-0.25, -0.2) is 0 Å². The maximum Gasteiger partial charge on any atom is 0.101 e. The molecule has 2 rings (SSSR count). The fourth-order valence-electron chi connectivity index (χ4n) is 2.87. The SMILES string of the molecule is CCCC1CCC(c2ccc(C#N)cn2)CC1. The third kappa shape index (κ3) is 3.06. The van der Waals surface area contributed by atoms with Crippen molar-refractivity contribution in [3.05, 3.63) is 29.6 Å². The van der Waals surface area contributed by atoms with Crippen molar-refractivity contribution < 1.29 is 0 Å². The van der Waals surface area contributed by atoms with Crippen molar-refractivity contribution in [2.75, 3.05) is 0 Å². The first-order chi connectivity index (χ1) is 8.33. The van der Waals surface area contributed by atoms with E-state index in [0.29, 0.717) is 11.5 Å². The largest absolute Gasteiger partial charge is 0.260 e. The van der Waals surface area contributed by atoms with Crippen LogP contribution in [0.2, 0.25) is 0 Å². The van der Waals surface area contributed by atoms with Gasteiger partial charge in [0.05, 0.1) is 5.56 Å². The summed E-state index contributed by atoms with van der Waals surface area (Å²) in [5.74, 6) is 1.56. The van der Waals surface area contributed by atoms with Gasteiger partial charge >= 0.3 is 0 Å². The summed E-state index contributed by atoms with van der Waals surface area (Å²) in [6, 6.07) is 6.04. The molecule has 0 atom stereocenters. The lowest BCUT2D eigenvalue weighted by Gasteiger charge is -2.27. The summed E-state index contributed by atoms with van der Waals surface area (Å²) < 4.78 is 0. The third-order valence-electron chi connectivity index (χ3n) is 3.88. The van der Waals surface area contributed by atoms with Crippen molar-refractivity contribution in [1.29, 1.82) is 5.26 Å². The third-order valence-corrected chi connectivity index (χ3v) is 3.88. The standard InChI is InChI=1S/C15H20N2/c1-2-3-12-4-7-14(8-5-12)15-9-6-13(10-16)11-17-15/h6,9,11-12,14H,2-5,7-8H2,1H3. The van der Waals surface area contributed by atoms with Crippen molar-refractivity contribution in [1.82, 2.24) is 4.98 Å². The molecule has 0 spiro atoms. The minimum atomic E-state index is 0.621. The molecule has 2 nitrogen and oxygen atoms in total. The molecule has 17 heavy (non-hydrogen) atoms. The Kier molecular flexibility index (Phi) is 4.14. The number of rotatable bonds is 3. The second-order valence-corrected chi connectivity index (χ2v) is 5.09. The molecular weight excluding hydrogens is 208 g/mol. The molecule has 0 aromatic carbocycles. The first kappa shape index (κ1) is 12.1. The Hall–Kier alpha value is -1.36. The van der Waals surface area contributed by atoms with Crippen LogP contribution in [0.1, 0.15) is 62.6 Å². The van der Waals surface area contributed by atoms with E-state index in [0.717, 1.165) is 5.92 Å². The van der Waals surface area contributed by atoms with E-state index in [9.17, 15) is 0 Å². The molecule has 0 bridgehead atoms. The van der Waals surface area contributed by atoms with Gasteiger partial charge in [-0.15, -0.1) is 0 Å². The van der Waals surface area contributed by atoms with E-state index in [1.807, 2.05) is 12.1 Å². The molecule has 0 radical (unpaired) electrons. The predicted molar refractivity (Wildman–Crippen MR) is 68.6 cm³/mol. The molecule has 1 fully saturated rings. The van der Waals surface area contributed by atoms with E-state index in [1.54, 1.807) is 6.20 Å². The highest BCUT2D eigenvalue weighted by Crippen LogP contribution is 2.36. The molecule has 1 aliphatic rings. The number of hydrogen-bond donors (Lipinski definition) is 0. The van der Waals surface area contributed by atoms with Crippen LogP contribution in [0.5, 0.6) is 0 Å². The van der Waals surface area contributed by atoms with Crippen molar-refractivity contribution >= 4 is 0 Å². The second-order valence-electron chi connectivity index (χ2n) is 5.09. The smallest absolute Gasteiger partial charge is 0.101 e. The molecule has 1 heterocycles. The summed E-state index contributed by atoms with van der Waals surface area (Å²) in [6.07, 6.45) is 9.62. The van der Waals surface area contributed by atoms with E-state index < -0.39 is 0 Å². The van der Waals surface area contributed by atoms with Crippen LogP contribution in [0.15, 0.2) is 18.3 Å². The molecule has 0 amide bonds. The molecule has 1 aromatic rings. The molecule has 2 heteroatoms. The van der Waals surface area contributed by atoms with Gasteiger partial charge in [-0.05, 0) is 43.7 Å². The minimum absolute atomic E-state index is 0.621.